The Hall–Kier alpha value is -0.710. The quantitative estimate of drug-likeness (QED) is 0.320. The lowest BCUT2D eigenvalue weighted by Crippen LogP contribution is -2.04. The Labute approximate surface area is 83.3 Å². The highest BCUT2D eigenvalue weighted by atomic mass is 32.2. The van der Waals surface area contributed by atoms with Crippen molar-refractivity contribution in [2.75, 3.05) is 6.26 Å². The maximum Gasteiger partial charge on any atom is 0.198 e. The van der Waals surface area contributed by atoms with E-state index in [-0.39, 0.29) is 16.9 Å². The first-order valence-electron chi connectivity index (χ1n) is 3.93. The van der Waals surface area contributed by atoms with Gasteiger partial charge in [0.1, 0.15) is 0 Å². The van der Waals surface area contributed by atoms with Crippen LogP contribution in [0.3, 0.4) is 0 Å². The Morgan fingerprint density at radius 3 is 1.86 bits per heavy atom. The molecule has 0 unspecified atom stereocenters. The third-order valence-corrected chi connectivity index (χ3v) is 2.71. The standard InChI is InChI=1S/C9H8F4S/c1-3-4-5(10)6(11)7(12)8(13)9(4)14-2/h3H2,1-2H3. The van der Waals surface area contributed by atoms with Gasteiger partial charge in [0.2, 0.25) is 0 Å². The Morgan fingerprint density at radius 1 is 0.929 bits per heavy atom. The second kappa shape index (κ2) is 4.21. The SMILES string of the molecule is CCc1c(F)c(F)c(F)c(F)c1SC. The van der Waals surface area contributed by atoms with Crippen molar-refractivity contribution >= 4 is 11.8 Å². The molecule has 0 heterocycles. The van der Waals surface area contributed by atoms with Crippen LogP contribution in [0.15, 0.2) is 4.90 Å². The number of hydrogen-bond acceptors (Lipinski definition) is 1. The van der Waals surface area contributed by atoms with Gasteiger partial charge in [-0.2, -0.15) is 0 Å². The zero-order valence-corrected chi connectivity index (χ0v) is 8.44. The van der Waals surface area contributed by atoms with Crippen LogP contribution in [0, 0.1) is 23.3 Å². The van der Waals surface area contributed by atoms with Gasteiger partial charge in [-0.25, -0.2) is 17.6 Å². The molecule has 0 spiro atoms. The molecule has 0 aliphatic heterocycles. The molecule has 0 atom stereocenters. The minimum Gasteiger partial charge on any atom is -0.203 e. The fourth-order valence-corrected chi connectivity index (χ4v) is 1.93. The van der Waals surface area contributed by atoms with Gasteiger partial charge in [-0.05, 0) is 12.7 Å². The van der Waals surface area contributed by atoms with E-state index in [9.17, 15) is 17.6 Å². The Balaban J connectivity index is 3.57. The minimum atomic E-state index is -1.75. The van der Waals surface area contributed by atoms with Gasteiger partial charge in [0.05, 0.1) is 4.90 Å². The van der Waals surface area contributed by atoms with Crippen molar-refractivity contribution in [3.05, 3.63) is 28.8 Å². The summed E-state index contributed by atoms with van der Waals surface area (Å²) in [5.74, 6) is -6.09. The third-order valence-electron chi connectivity index (χ3n) is 1.87. The van der Waals surface area contributed by atoms with E-state index in [1.165, 1.54) is 6.26 Å². The van der Waals surface area contributed by atoms with Gasteiger partial charge in [0.25, 0.3) is 0 Å². The average Bonchev–Trinajstić information content (AvgIpc) is 2.20. The van der Waals surface area contributed by atoms with Crippen LogP contribution in [0.5, 0.6) is 0 Å². The number of rotatable bonds is 2. The molecule has 0 N–H and O–H groups in total. The third kappa shape index (κ3) is 1.61. The van der Waals surface area contributed by atoms with E-state index >= 15 is 0 Å². The van der Waals surface area contributed by atoms with Crippen molar-refractivity contribution < 1.29 is 17.6 Å². The first-order chi connectivity index (χ1) is 6.54. The molecular formula is C9H8F4S. The summed E-state index contributed by atoms with van der Waals surface area (Å²) < 4.78 is 51.7. The van der Waals surface area contributed by atoms with Crippen molar-refractivity contribution in [2.45, 2.75) is 18.2 Å². The predicted molar refractivity (Wildman–Crippen MR) is 47.4 cm³/mol. The van der Waals surface area contributed by atoms with Crippen LogP contribution in [0.4, 0.5) is 17.6 Å². The van der Waals surface area contributed by atoms with Gasteiger partial charge in [-0.1, -0.05) is 6.92 Å². The fourth-order valence-electron chi connectivity index (χ4n) is 1.19. The summed E-state index contributed by atoms with van der Waals surface area (Å²) in [7, 11) is 0. The molecule has 0 aliphatic carbocycles. The summed E-state index contributed by atoms with van der Waals surface area (Å²) in [6.45, 7) is 1.55. The van der Waals surface area contributed by atoms with E-state index in [2.05, 4.69) is 0 Å². The summed E-state index contributed by atoms with van der Waals surface area (Å²) >= 11 is 0.862. The summed E-state index contributed by atoms with van der Waals surface area (Å²) in [5.41, 5.74) is -0.117. The van der Waals surface area contributed by atoms with Crippen molar-refractivity contribution in [3.63, 3.8) is 0 Å². The first kappa shape index (κ1) is 11.4. The largest absolute Gasteiger partial charge is 0.203 e. The fraction of sp³-hybridized carbons (Fsp3) is 0.333. The van der Waals surface area contributed by atoms with Crippen LogP contribution in [-0.2, 0) is 6.42 Å². The molecule has 0 saturated carbocycles. The normalized spacial score (nSPS) is 10.7. The topological polar surface area (TPSA) is 0 Å². The number of hydrogen-bond donors (Lipinski definition) is 0. The van der Waals surface area contributed by atoms with Crippen molar-refractivity contribution in [1.29, 1.82) is 0 Å². The van der Waals surface area contributed by atoms with Gasteiger partial charge >= 0.3 is 0 Å². The molecule has 0 fully saturated rings. The summed E-state index contributed by atoms with van der Waals surface area (Å²) in [6.07, 6.45) is 1.60. The predicted octanol–water partition coefficient (Wildman–Crippen LogP) is 3.53. The van der Waals surface area contributed by atoms with Crippen LogP contribution in [0.1, 0.15) is 12.5 Å². The molecule has 0 aromatic heterocycles. The summed E-state index contributed by atoms with van der Waals surface area (Å²) in [6, 6.07) is 0. The zero-order valence-electron chi connectivity index (χ0n) is 7.63. The minimum absolute atomic E-state index is 0.117. The molecule has 0 radical (unpaired) electrons. The van der Waals surface area contributed by atoms with E-state index in [0.29, 0.717) is 0 Å². The lowest BCUT2D eigenvalue weighted by Gasteiger charge is -2.09. The highest BCUT2D eigenvalue weighted by Crippen LogP contribution is 2.30. The van der Waals surface area contributed by atoms with E-state index in [1.807, 2.05) is 0 Å². The van der Waals surface area contributed by atoms with E-state index in [0.717, 1.165) is 11.8 Å². The lowest BCUT2D eigenvalue weighted by atomic mass is 10.1. The lowest BCUT2D eigenvalue weighted by molar-refractivity contribution is 0.392. The van der Waals surface area contributed by atoms with Gasteiger partial charge in [0.15, 0.2) is 23.3 Å². The van der Waals surface area contributed by atoms with Gasteiger partial charge < -0.3 is 0 Å². The second-order valence-corrected chi connectivity index (χ2v) is 3.44. The van der Waals surface area contributed by atoms with E-state index in [1.54, 1.807) is 6.92 Å². The molecule has 78 valence electrons. The first-order valence-corrected chi connectivity index (χ1v) is 5.15. The van der Waals surface area contributed by atoms with Gasteiger partial charge in [0, 0.05) is 5.56 Å². The number of halogens is 4. The van der Waals surface area contributed by atoms with Crippen LogP contribution >= 0.6 is 11.8 Å². The average molecular weight is 224 g/mol. The monoisotopic (exact) mass is 224 g/mol. The highest BCUT2D eigenvalue weighted by molar-refractivity contribution is 7.98. The van der Waals surface area contributed by atoms with Crippen LogP contribution in [-0.4, -0.2) is 6.26 Å². The number of benzene rings is 1. The van der Waals surface area contributed by atoms with Crippen LogP contribution in [0.2, 0.25) is 0 Å². The molecule has 0 bridgehead atoms. The molecule has 0 nitrogen and oxygen atoms in total. The molecule has 1 aromatic carbocycles. The maximum absolute atomic E-state index is 13.1. The summed E-state index contributed by atoms with van der Waals surface area (Å²) in [4.78, 5) is -0.163. The van der Waals surface area contributed by atoms with Gasteiger partial charge in [-0.15, -0.1) is 11.8 Å². The molecule has 0 amide bonds. The maximum atomic E-state index is 13.1. The Bertz CT molecular complexity index is 328. The summed E-state index contributed by atoms with van der Waals surface area (Å²) in [5, 5.41) is 0. The smallest absolute Gasteiger partial charge is 0.198 e. The van der Waals surface area contributed by atoms with Gasteiger partial charge in [-0.3, -0.25) is 0 Å². The van der Waals surface area contributed by atoms with Crippen molar-refractivity contribution in [2.24, 2.45) is 0 Å². The van der Waals surface area contributed by atoms with E-state index < -0.39 is 23.3 Å². The van der Waals surface area contributed by atoms with E-state index in [4.69, 9.17) is 0 Å². The highest BCUT2D eigenvalue weighted by Gasteiger charge is 2.23. The Kier molecular flexibility index (Phi) is 3.42. The molecule has 0 aliphatic rings. The molecule has 0 saturated heterocycles. The van der Waals surface area contributed by atoms with Crippen molar-refractivity contribution in [3.8, 4) is 0 Å². The van der Waals surface area contributed by atoms with Crippen LogP contribution in [0.25, 0.3) is 0 Å². The van der Waals surface area contributed by atoms with Crippen LogP contribution < -0.4 is 0 Å². The van der Waals surface area contributed by atoms with Crippen molar-refractivity contribution in [1.82, 2.24) is 0 Å². The molecule has 14 heavy (non-hydrogen) atoms. The number of thioether (sulfide) groups is 1. The molecular weight excluding hydrogens is 216 g/mol. The second-order valence-electron chi connectivity index (χ2n) is 2.62. The zero-order chi connectivity index (χ0) is 10.9. The Morgan fingerprint density at radius 2 is 1.43 bits per heavy atom. The molecule has 1 aromatic rings. The molecule has 5 heteroatoms. The molecule has 1 rings (SSSR count).